The quantitative estimate of drug-likeness (QED) is 0.907. The van der Waals surface area contributed by atoms with E-state index in [1.165, 1.54) is 0 Å². The van der Waals surface area contributed by atoms with Crippen LogP contribution in [0.3, 0.4) is 0 Å². The number of amides is 1. The van der Waals surface area contributed by atoms with Gasteiger partial charge in [0.1, 0.15) is 5.75 Å². The molecule has 0 spiro atoms. The predicted molar refractivity (Wildman–Crippen MR) is 68.7 cm³/mol. The van der Waals surface area contributed by atoms with Crippen molar-refractivity contribution in [2.45, 2.75) is 19.4 Å². The Morgan fingerprint density at radius 1 is 1.39 bits per heavy atom. The molecular formula is C13H16ClNO3. The maximum Gasteiger partial charge on any atom is 0.260 e. The number of aliphatic hydroxyl groups excluding tert-OH is 1. The highest BCUT2D eigenvalue weighted by Crippen LogP contribution is 2.25. The van der Waals surface area contributed by atoms with Gasteiger partial charge in [0.15, 0.2) is 6.61 Å². The minimum absolute atomic E-state index is 0.00481. The molecule has 0 unspecified atom stereocenters. The highest BCUT2D eigenvalue weighted by atomic mass is 35.5. The Morgan fingerprint density at radius 2 is 2.11 bits per heavy atom. The van der Waals surface area contributed by atoms with Gasteiger partial charge in [0, 0.05) is 13.1 Å². The highest BCUT2D eigenvalue weighted by molar-refractivity contribution is 6.32. The van der Waals surface area contributed by atoms with Crippen LogP contribution in [-0.2, 0) is 11.4 Å². The lowest BCUT2D eigenvalue weighted by atomic mass is 10.2. The average Bonchev–Trinajstić information content (AvgIpc) is 2.90. The summed E-state index contributed by atoms with van der Waals surface area (Å²) in [7, 11) is 0. The second-order valence-electron chi connectivity index (χ2n) is 4.30. The number of carbonyl (C=O) groups is 1. The van der Waals surface area contributed by atoms with E-state index in [1.807, 2.05) is 0 Å². The van der Waals surface area contributed by atoms with Crippen molar-refractivity contribution in [3.8, 4) is 5.75 Å². The highest BCUT2D eigenvalue weighted by Gasteiger charge is 2.18. The van der Waals surface area contributed by atoms with Crippen molar-refractivity contribution in [1.82, 2.24) is 4.90 Å². The zero-order valence-electron chi connectivity index (χ0n) is 10.1. The monoisotopic (exact) mass is 269 g/mol. The maximum absolute atomic E-state index is 11.8. The lowest BCUT2D eigenvalue weighted by Crippen LogP contribution is -2.32. The number of ether oxygens (including phenoxy) is 1. The third kappa shape index (κ3) is 3.15. The van der Waals surface area contributed by atoms with Crippen LogP contribution >= 0.6 is 11.6 Å². The van der Waals surface area contributed by atoms with Crippen molar-refractivity contribution >= 4 is 17.5 Å². The number of likely N-dealkylation sites (tertiary alicyclic amines) is 1. The average molecular weight is 270 g/mol. The van der Waals surface area contributed by atoms with Gasteiger partial charge in [0.05, 0.1) is 11.6 Å². The summed E-state index contributed by atoms with van der Waals surface area (Å²) in [4.78, 5) is 13.6. The van der Waals surface area contributed by atoms with Crippen molar-refractivity contribution in [2.24, 2.45) is 0 Å². The molecule has 1 aromatic carbocycles. The molecule has 1 aromatic rings. The van der Waals surface area contributed by atoms with Crippen molar-refractivity contribution in [3.05, 3.63) is 28.8 Å². The second kappa shape index (κ2) is 6.07. The predicted octanol–water partition coefficient (Wildman–Crippen LogP) is 1.83. The molecule has 1 N–H and O–H groups in total. The molecule has 0 bridgehead atoms. The summed E-state index contributed by atoms with van der Waals surface area (Å²) >= 11 is 5.99. The van der Waals surface area contributed by atoms with Crippen LogP contribution in [0, 0.1) is 0 Å². The van der Waals surface area contributed by atoms with Crippen LogP contribution in [0.2, 0.25) is 5.02 Å². The Morgan fingerprint density at radius 3 is 2.72 bits per heavy atom. The number of hydrogen-bond acceptors (Lipinski definition) is 3. The van der Waals surface area contributed by atoms with Crippen LogP contribution in [-0.4, -0.2) is 35.6 Å². The van der Waals surface area contributed by atoms with E-state index in [-0.39, 0.29) is 19.1 Å². The third-order valence-corrected chi connectivity index (χ3v) is 3.28. The van der Waals surface area contributed by atoms with Crippen LogP contribution in [0.25, 0.3) is 0 Å². The van der Waals surface area contributed by atoms with Gasteiger partial charge in [0.2, 0.25) is 0 Å². The number of carbonyl (C=O) groups excluding carboxylic acids is 1. The molecule has 0 saturated carbocycles. The summed E-state index contributed by atoms with van der Waals surface area (Å²) in [6.07, 6.45) is 2.13. The summed E-state index contributed by atoms with van der Waals surface area (Å²) < 4.78 is 5.41. The number of nitrogens with zero attached hydrogens (tertiary/aromatic N) is 1. The third-order valence-electron chi connectivity index (χ3n) is 2.99. The van der Waals surface area contributed by atoms with Gasteiger partial charge in [-0.15, -0.1) is 0 Å². The number of halogens is 1. The SMILES string of the molecule is O=C(COc1ccc(CO)cc1Cl)N1CCCC1. The first-order valence-corrected chi connectivity index (χ1v) is 6.38. The van der Waals surface area contributed by atoms with Crippen LogP contribution in [0.15, 0.2) is 18.2 Å². The Kier molecular flexibility index (Phi) is 4.44. The van der Waals surface area contributed by atoms with Crippen molar-refractivity contribution in [2.75, 3.05) is 19.7 Å². The summed E-state index contributed by atoms with van der Waals surface area (Å²) in [6, 6.07) is 5.03. The molecule has 1 amide bonds. The summed E-state index contributed by atoms with van der Waals surface area (Å²) in [6.45, 7) is 1.59. The molecular weight excluding hydrogens is 254 g/mol. The Balaban J connectivity index is 1.91. The van der Waals surface area contributed by atoms with Crippen molar-refractivity contribution in [1.29, 1.82) is 0 Å². The Hall–Kier alpha value is -1.26. The van der Waals surface area contributed by atoms with Gasteiger partial charge >= 0.3 is 0 Å². The van der Waals surface area contributed by atoms with Crippen LogP contribution in [0.4, 0.5) is 0 Å². The molecule has 1 saturated heterocycles. The maximum atomic E-state index is 11.8. The van der Waals surface area contributed by atoms with Crippen molar-refractivity contribution in [3.63, 3.8) is 0 Å². The minimum atomic E-state index is -0.0628. The molecule has 1 heterocycles. The van der Waals surface area contributed by atoms with E-state index < -0.39 is 0 Å². The van der Waals surface area contributed by atoms with Gasteiger partial charge in [-0.2, -0.15) is 0 Å². The zero-order chi connectivity index (χ0) is 13.0. The van der Waals surface area contributed by atoms with E-state index >= 15 is 0 Å². The lowest BCUT2D eigenvalue weighted by molar-refractivity contribution is -0.132. The number of benzene rings is 1. The van der Waals surface area contributed by atoms with E-state index in [1.54, 1.807) is 23.1 Å². The number of hydrogen-bond donors (Lipinski definition) is 1. The molecule has 4 nitrogen and oxygen atoms in total. The standard InChI is InChI=1S/C13H16ClNO3/c14-11-7-10(8-16)3-4-12(11)18-9-13(17)15-5-1-2-6-15/h3-4,7,16H,1-2,5-6,8-9H2. The van der Waals surface area contributed by atoms with Crippen LogP contribution in [0.5, 0.6) is 5.75 Å². The molecule has 0 radical (unpaired) electrons. The molecule has 1 fully saturated rings. The van der Waals surface area contributed by atoms with Crippen molar-refractivity contribution < 1.29 is 14.6 Å². The Bertz CT molecular complexity index is 430. The fourth-order valence-corrected chi connectivity index (χ4v) is 2.21. The van der Waals surface area contributed by atoms with Crippen LogP contribution < -0.4 is 4.74 Å². The first-order chi connectivity index (χ1) is 8.70. The molecule has 0 aliphatic carbocycles. The molecule has 1 aliphatic rings. The molecule has 0 aromatic heterocycles. The summed E-state index contributed by atoms with van der Waals surface area (Å²) in [5.74, 6) is 0.469. The zero-order valence-corrected chi connectivity index (χ0v) is 10.8. The largest absolute Gasteiger partial charge is 0.482 e. The molecule has 2 rings (SSSR count). The molecule has 1 aliphatic heterocycles. The number of rotatable bonds is 4. The summed E-state index contributed by atoms with van der Waals surface area (Å²) in [5, 5.41) is 9.37. The fourth-order valence-electron chi connectivity index (χ4n) is 1.96. The fraction of sp³-hybridized carbons (Fsp3) is 0.462. The van der Waals surface area contributed by atoms with Gasteiger partial charge in [-0.1, -0.05) is 17.7 Å². The van der Waals surface area contributed by atoms with E-state index in [0.717, 1.165) is 31.5 Å². The van der Waals surface area contributed by atoms with E-state index in [0.29, 0.717) is 10.8 Å². The molecule has 18 heavy (non-hydrogen) atoms. The second-order valence-corrected chi connectivity index (χ2v) is 4.71. The van der Waals surface area contributed by atoms with Crippen LogP contribution in [0.1, 0.15) is 18.4 Å². The van der Waals surface area contributed by atoms with Gasteiger partial charge in [-0.25, -0.2) is 0 Å². The van der Waals surface area contributed by atoms with Gasteiger partial charge in [-0.05, 0) is 30.5 Å². The van der Waals surface area contributed by atoms with Gasteiger partial charge < -0.3 is 14.7 Å². The van der Waals surface area contributed by atoms with Gasteiger partial charge in [0.25, 0.3) is 5.91 Å². The minimum Gasteiger partial charge on any atom is -0.482 e. The Labute approximate surface area is 111 Å². The van der Waals surface area contributed by atoms with E-state index in [9.17, 15) is 4.79 Å². The summed E-state index contributed by atoms with van der Waals surface area (Å²) in [5.41, 5.74) is 0.721. The normalized spacial score (nSPS) is 14.9. The lowest BCUT2D eigenvalue weighted by Gasteiger charge is -2.16. The van der Waals surface area contributed by atoms with E-state index in [2.05, 4.69) is 0 Å². The molecule has 5 heteroatoms. The number of aliphatic hydroxyl groups is 1. The first kappa shape index (κ1) is 13.2. The molecule has 0 atom stereocenters. The smallest absolute Gasteiger partial charge is 0.260 e. The first-order valence-electron chi connectivity index (χ1n) is 6.00. The van der Waals surface area contributed by atoms with Gasteiger partial charge in [-0.3, -0.25) is 4.79 Å². The topological polar surface area (TPSA) is 49.8 Å². The molecule has 98 valence electrons. The van der Waals surface area contributed by atoms with E-state index in [4.69, 9.17) is 21.4 Å².